The van der Waals surface area contributed by atoms with Crippen LogP contribution in [0.5, 0.6) is 0 Å². The van der Waals surface area contributed by atoms with Gasteiger partial charge in [-0.3, -0.25) is 0 Å². The van der Waals surface area contributed by atoms with E-state index in [0.29, 0.717) is 0 Å². The smallest absolute Gasteiger partial charge is 0.414 e. The average Bonchev–Trinajstić information content (AvgIpc) is 2.54. The molecule has 0 aromatic heterocycles. The SMILES string of the molecule is C[Si]1O[Si](C)O[Si](C)(OC2CCCCC2)O[Si](C)(OC2CCCCC2)O1. The maximum absolute atomic E-state index is 6.57. The molecule has 3 aliphatic rings. The Kier molecular flexibility index (Phi) is 7.73. The van der Waals surface area contributed by atoms with Crippen LogP contribution in [-0.2, 0) is 25.3 Å². The van der Waals surface area contributed by atoms with E-state index in [1.807, 2.05) is 26.2 Å². The molecule has 0 N–H and O–H groups in total. The molecule has 2 saturated carbocycles. The van der Waals surface area contributed by atoms with Gasteiger partial charge in [0.25, 0.3) is 0 Å². The van der Waals surface area contributed by atoms with E-state index >= 15 is 0 Å². The van der Waals surface area contributed by atoms with Crippen LogP contribution in [0, 0.1) is 0 Å². The second-order valence-electron chi connectivity index (χ2n) is 7.87. The Morgan fingerprint density at radius 3 is 1.46 bits per heavy atom. The topological polar surface area (TPSA) is 55.4 Å². The highest BCUT2D eigenvalue weighted by molar-refractivity contribution is 6.82. The summed E-state index contributed by atoms with van der Waals surface area (Å²) in [5, 5.41) is 0. The maximum atomic E-state index is 6.57. The van der Waals surface area contributed by atoms with Crippen molar-refractivity contribution >= 4 is 36.2 Å². The maximum Gasteiger partial charge on any atom is 0.481 e. The molecule has 1 heterocycles. The van der Waals surface area contributed by atoms with Gasteiger partial charge in [0.1, 0.15) is 0 Å². The van der Waals surface area contributed by atoms with Gasteiger partial charge in [-0.05, 0) is 38.8 Å². The Bertz CT molecular complexity index is 410. The largest absolute Gasteiger partial charge is 0.481 e. The first-order valence-electron chi connectivity index (χ1n) is 10.1. The van der Waals surface area contributed by atoms with Gasteiger partial charge in [0.15, 0.2) is 0 Å². The first-order chi connectivity index (χ1) is 12.4. The summed E-state index contributed by atoms with van der Waals surface area (Å²) in [6.07, 6.45) is 12.3. The van der Waals surface area contributed by atoms with Crippen molar-refractivity contribution in [3.05, 3.63) is 0 Å². The molecule has 0 amide bonds. The second-order valence-corrected chi connectivity index (χ2v) is 17.0. The van der Waals surface area contributed by atoms with Gasteiger partial charge >= 0.3 is 36.2 Å². The van der Waals surface area contributed by atoms with Crippen LogP contribution in [0.1, 0.15) is 64.2 Å². The molecule has 150 valence electrons. The summed E-state index contributed by atoms with van der Waals surface area (Å²) in [5.74, 6) is 0. The summed E-state index contributed by atoms with van der Waals surface area (Å²) in [4.78, 5) is 0. The minimum atomic E-state index is -2.87. The average molecular weight is 435 g/mol. The first kappa shape index (κ1) is 21.3. The van der Waals surface area contributed by atoms with Crippen molar-refractivity contribution in [2.75, 3.05) is 0 Å². The molecule has 2 unspecified atom stereocenters. The van der Waals surface area contributed by atoms with E-state index in [9.17, 15) is 0 Å². The number of rotatable bonds is 4. The standard InChI is InChI=1S/C16H34O6Si4/c1-23-19-24(2)21-26(4,18-16-13-9-6-10-14-16)22-25(3,20-23)17-15-11-7-5-8-12-15/h15-16H,5-14H2,1-4H3. The van der Waals surface area contributed by atoms with Gasteiger partial charge in [0.2, 0.25) is 0 Å². The van der Waals surface area contributed by atoms with Crippen molar-refractivity contribution in [2.45, 2.75) is 103 Å². The predicted molar refractivity (Wildman–Crippen MR) is 107 cm³/mol. The van der Waals surface area contributed by atoms with Crippen LogP contribution in [0.25, 0.3) is 0 Å². The molecule has 10 heteroatoms. The fourth-order valence-electron chi connectivity index (χ4n) is 4.21. The molecule has 2 radical (unpaired) electrons. The molecule has 0 aromatic rings. The van der Waals surface area contributed by atoms with E-state index in [1.165, 1.54) is 38.5 Å². The third-order valence-electron chi connectivity index (χ3n) is 5.18. The normalized spacial score (nSPS) is 37.4. The Hall–Kier alpha value is 0.628. The van der Waals surface area contributed by atoms with Crippen molar-refractivity contribution < 1.29 is 25.3 Å². The van der Waals surface area contributed by atoms with Crippen molar-refractivity contribution in [3.8, 4) is 0 Å². The highest BCUT2D eigenvalue weighted by Gasteiger charge is 2.54. The lowest BCUT2D eigenvalue weighted by Crippen LogP contribution is -2.63. The molecule has 1 aliphatic heterocycles. The zero-order valence-electron chi connectivity index (χ0n) is 16.7. The van der Waals surface area contributed by atoms with Crippen molar-refractivity contribution in [2.24, 2.45) is 0 Å². The molecule has 3 rings (SSSR count). The van der Waals surface area contributed by atoms with Crippen LogP contribution >= 0.6 is 0 Å². The zero-order valence-corrected chi connectivity index (χ0v) is 20.7. The molecule has 2 aliphatic carbocycles. The summed E-state index contributed by atoms with van der Waals surface area (Å²) in [5.41, 5.74) is 0. The lowest BCUT2D eigenvalue weighted by molar-refractivity contribution is 0.0242. The highest BCUT2D eigenvalue weighted by Crippen LogP contribution is 2.32. The molecule has 3 fully saturated rings. The fraction of sp³-hybridized carbons (Fsp3) is 1.00. The lowest BCUT2D eigenvalue weighted by atomic mass is 9.98. The number of hydrogen-bond donors (Lipinski definition) is 0. The monoisotopic (exact) mass is 434 g/mol. The van der Waals surface area contributed by atoms with Gasteiger partial charge in [-0.1, -0.05) is 38.5 Å². The van der Waals surface area contributed by atoms with Crippen molar-refractivity contribution in [1.82, 2.24) is 0 Å². The summed E-state index contributed by atoms with van der Waals surface area (Å²) < 4.78 is 38.2. The van der Waals surface area contributed by atoms with Crippen LogP contribution in [-0.4, -0.2) is 48.4 Å². The Morgan fingerprint density at radius 2 is 1.08 bits per heavy atom. The highest BCUT2D eigenvalue weighted by atomic mass is 28.5. The Morgan fingerprint density at radius 1 is 0.692 bits per heavy atom. The minimum Gasteiger partial charge on any atom is -0.414 e. The second kappa shape index (κ2) is 9.42. The van der Waals surface area contributed by atoms with Crippen LogP contribution in [0.15, 0.2) is 0 Å². The summed E-state index contributed by atoms with van der Waals surface area (Å²) in [7, 11) is -8.62. The summed E-state index contributed by atoms with van der Waals surface area (Å²) >= 11 is 0. The molecular formula is C16H34O6Si4. The molecule has 0 bridgehead atoms. The predicted octanol–water partition coefficient (Wildman–Crippen LogP) is 4.14. The van der Waals surface area contributed by atoms with E-state index in [4.69, 9.17) is 25.3 Å². The van der Waals surface area contributed by atoms with E-state index in [-0.39, 0.29) is 12.2 Å². The van der Waals surface area contributed by atoms with E-state index in [1.54, 1.807) is 0 Å². The fourth-order valence-corrected chi connectivity index (χ4v) is 17.3. The van der Waals surface area contributed by atoms with E-state index < -0.39 is 36.2 Å². The van der Waals surface area contributed by atoms with Gasteiger partial charge in [-0.25, -0.2) is 0 Å². The lowest BCUT2D eigenvalue weighted by Gasteiger charge is -2.43. The van der Waals surface area contributed by atoms with Gasteiger partial charge in [-0.2, -0.15) is 0 Å². The molecule has 0 spiro atoms. The summed E-state index contributed by atoms with van der Waals surface area (Å²) in [6.45, 7) is 8.03. The van der Waals surface area contributed by atoms with Crippen LogP contribution < -0.4 is 0 Å². The molecule has 26 heavy (non-hydrogen) atoms. The van der Waals surface area contributed by atoms with Gasteiger partial charge in [0.05, 0.1) is 0 Å². The quantitative estimate of drug-likeness (QED) is 0.620. The van der Waals surface area contributed by atoms with Crippen molar-refractivity contribution in [3.63, 3.8) is 0 Å². The first-order valence-corrected chi connectivity index (χ1v) is 18.2. The van der Waals surface area contributed by atoms with Crippen LogP contribution in [0.3, 0.4) is 0 Å². The third-order valence-corrected chi connectivity index (χ3v) is 17.2. The molecular weight excluding hydrogens is 401 g/mol. The third kappa shape index (κ3) is 6.32. The van der Waals surface area contributed by atoms with Crippen molar-refractivity contribution in [1.29, 1.82) is 0 Å². The van der Waals surface area contributed by atoms with Gasteiger partial charge in [-0.15, -0.1) is 0 Å². The minimum absolute atomic E-state index is 0.231. The van der Waals surface area contributed by atoms with Crippen LogP contribution in [0.2, 0.25) is 26.2 Å². The Labute approximate surface area is 164 Å². The number of hydrogen-bond acceptors (Lipinski definition) is 6. The molecule has 1 saturated heterocycles. The molecule has 0 aromatic carbocycles. The van der Waals surface area contributed by atoms with Gasteiger partial charge in [0, 0.05) is 25.3 Å². The molecule has 2 atom stereocenters. The van der Waals surface area contributed by atoms with E-state index in [0.717, 1.165) is 25.7 Å². The van der Waals surface area contributed by atoms with E-state index in [2.05, 4.69) is 0 Å². The van der Waals surface area contributed by atoms with Crippen LogP contribution in [0.4, 0.5) is 0 Å². The van der Waals surface area contributed by atoms with Gasteiger partial charge < -0.3 is 25.3 Å². The zero-order chi connectivity index (χ0) is 18.6. The molecule has 6 nitrogen and oxygen atoms in total. The summed E-state index contributed by atoms with van der Waals surface area (Å²) in [6, 6.07) is 0. The Balaban J connectivity index is 1.71.